The highest BCUT2D eigenvalue weighted by Crippen LogP contribution is 2.24. The van der Waals surface area contributed by atoms with Gasteiger partial charge in [0.1, 0.15) is 0 Å². The molecule has 2 aliphatic rings. The van der Waals surface area contributed by atoms with Crippen LogP contribution in [0.3, 0.4) is 0 Å². The number of benzene rings is 1. The Morgan fingerprint density at radius 1 is 1.22 bits per heavy atom. The van der Waals surface area contributed by atoms with Crippen LogP contribution >= 0.6 is 0 Å². The van der Waals surface area contributed by atoms with Gasteiger partial charge in [-0.2, -0.15) is 0 Å². The van der Waals surface area contributed by atoms with E-state index in [1.165, 1.54) is 56.1 Å². The first-order valence-corrected chi connectivity index (χ1v) is 8.83. The number of esters is 1. The third-order valence-corrected chi connectivity index (χ3v) is 5.28. The summed E-state index contributed by atoms with van der Waals surface area (Å²) in [5, 5.41) is 2.40. The predicted octanol–water partition coefficient (Wildman–Crippen LogP) is 2.59. The van der Waals surface area contributed by atoms with E-state index in [-0.39, 0.29) is 5.97 Å². The zero-order chi connectivity index (χ0) is 16.2. The average Bonchev–Trinajstić information content (AvgIpc) is 2.84. The topological polar surface area (TPSA) is 29.5 Å². The number of carbonyl (C=O) groups excluding carboxylic acids is 1. The Balaban J connectivity index is 1.85. The van der Waals surface area contributed by atoms with Crippen LogP contribution < -0.4 is 10.4 Å². The highest BCUT2D eigenvalue weighted by atomic mass is 16.5. The SMILES string of the molecule is COC(=O)c1ccc2c(c1C)=CN(CC1CCCCCC1)CC=2. The molecular formula is C20H27NO2. The fraction of sp³-hybridized carbons (Fsp3) is 0.550. The molecule has 3 rings (SSSR count). The molecule has 23 heavy (non-hydrogen) atoms. The van der Waals surface area contributed by atoms with Crippen LogP contribution in [0.2, 0.25) is 0 Å². The number of carbonyl (C=O) groups is 1. The molecule has 0 amide bonds. The summed E-state index contributed by atoms with van der Waals surface area (Å²) in [5.74, 6) is 0.562. The molecule has 1 saturated carbocycles. The maximum absolute atomic E-state index is 11.9. The number of hydrogen-bond donors (Lipinski definition) is 0. The van der Waals surface area contributed by atoms with Crippen molar-refractivity contribution in [3.63, 3.8) is 0 Å². The molecule has 0 atom stereocenters. The van der Waals surface area contributed by atoms with Crippen LogP contribution in [0.15, 0.2) is 12.1 Å². The molecule has 3 heteroatoms. The number of fused-ring (bicyclic) bond motifs is 1. The number of rotatable bonds is 3. The monoisotopic (exact) mass is 313 g/mol. The molecule has 3 nitrogen and oxygen atoms in total. The van der Waals surface area contributed by atoms with Gasteiger partial charge in [0.05, 0.1) is 12.7 Å². The first-order valence-electron chi connectivity index (χ1n) is 8.83. The van der Waals surface area contributed by atoms with Crippen molar-refractivity contribution in [2.45, 2.75) is 45.4 Å². The van der Waals surface area contributed by atoms with Crippen LogP contribution in [-0.2, 0) is 4.74 Å². The second-order valence-corrected chi connectivity index (χ2v) is 6.88. The van der Waals surface area contributed by atoms with Gasteiger partial charge in [0.25, 0.3) is 0 Å². The molecule has 1 aromatic rings. The first kappa shape index (κ1) is 16.1. The van der Waals surface area contributed by atoms with Gasteiger partial charge in [-0.25, -0.2) is 4.79 Å². The van der Waals surface area contributed by atoms with Gasteiger partial charge < -0.3 is 9.64 Å². The van der Waals surface area contributed by atoms with E-state index in [1.807, 2.05) is 19.1 Å². The lowest BCUT2D eigenvalue weighted by Crippen LogP contribution is -2.39. The summed E-state index contributed by atoms with van der Waals surface area (Å²) in [5.41, 5.74) is 1.70. The summed E-state index contributed by atoms with van der Waals surface area (Å²) < 4.78 is 4.89. The molecule has 1 aromatic carbocycles. The van der Waals surface area contributed by atoms with Gasteiger partial charge in [-0.05, 0) is 42.5 Å². The second-order valence-electron chi connectivity index (χ2n) is 6.88. The van der Waals surface area contributed by atoms with E-state index in [0.717, 1.165) is 24.6 Å². The van der Waals surface area contributed by atoms with Crippen molar-refractivity contribution in [3.8, 4) is 0 Å². The summed E-state index contributed by atoms with van der Waals surface area (Å²) in [4.78, 5) is 14.3. The Hall–Kier alpha value is -1.77. The molecule has 0 unspecified atom stereocenters. The lowest BCUT2D eigenvalue weighted by Gasteiger charge is -2.27. The van der Waals surface area contributed by atoms with E-state index >= 15 is 0 Å². The maximum atomic E-state index is 11.9. The van der Waals surface area contributed by atoms with Gasteiger partial charge in [0.2, 0.25) is 0 Å². The highest BCUT2D eigenvalue weighted by molar-refractivity contribution is 5.91. The minimum atomic E-state index is -0.250. The van der Waals surface area contributed by atoms with Crippen molar-refractivity contribution >= 4 is 18.2 Å². The molecular weight excluding hydrogens is 286 g/mol. The van der Waals surface area contributed by atoms with Crippen molar-refractivity contribution in [3.05, 3.63) is 33.7 Å². The minimum absolute atomic E-state index is 0.250. The van der Waals surface area contributed by atoms with Crippen molar-refractivity contribution < 1.29 is 9.53 Å². The standard InChI is InChI=1S/C20H27NO2/c1-15-18(20(22)23-2)10-9-17-11-12-21(14-19(15)17)13-16-7-5-3-4-6-8-16/h9-11,14,16H,3-8,12-13H2,1-2H3. The maximum Gasteiger partial charge on any atom is 0.338 e. The van der Waals surface area contributed by atoms with Crippen LogP contribution in [-0.4, -0.2) is 31.1 Å². The van der Waals surface area contributed by atoms with Crippen molar-refractivity contribution in [1.29, 1.82) is 0 Å². The zero-order valence-electron chi connectivity index (χ0n) is 14.3. The van der Waals surface area contributed by atoms with E-state index in [4.69, 9.17) is 4.74 Å². The molecule has 0 aromatic heterocycles. The van der Waals surface area contributed by atoms with Gasteiger partial charge in [-0.1, -0.05) is 37.8 Å². The Bertz CT molecular complexity index is 684. The number of nitrogens with zero attached hydrogens (tertiary/aromatic N) is 1. The fourth-order valence-corrected chi connectivity index (χ4v) is 3.89. The zero-order valence-corrected chi connectivity index (χ0v) is 14.3. The molecule has 1 aliphatic heterocycles. The Morgan fingerprint density at radius 2 is 1.96 bits per heavy atom. The third-order valence-electron chi connectivity index (χ3n) is 5.28. The number of ether oxygens (including phenoxy) is 1. The molecule has 1 fully saturated rings. The Kier molecular flexibility index (Phi) is 5.04. The van der Waals surface area contributed by atoms with E-state index in [0.29, 0.717) is 5.56 Å². The predicted molar refractivity (Wildman–Crippen MR) is 93.5 cm³/mol. The van der Waals surface area contributed by atoms with Crippen LogP contribution in [0, 0.1) is 12.8 Å². The van der Waals surface area contributed by atoms with E-state index in [2.05, 4.69) is 17.2 Å². The van der Waals surface area contributed by atoms with Crippen LogP contribution in [0.1, 0.15) is 54.4 Å². The van der Waals surface area contributed by atoms with Crippen molar-refractivity contribution in [1.82, 2.24) is 4.90 Å². The Morgan fingerprint density at radius 3 is 2.65 bits per heavy atom. The van der Waals surface area contributed by atoms with Crippen molar-refractivity contribution in [2.75, 3.05) is 20.2 Å². The van der Waals surface area contributed by atoms with Crippen LogP contribution in [0.25, 0.3) is 12.3 Å². The molecule has 0 spiro atoms. The molecule has 0 saturated heterocycles. The van der Waals surface area contributed by atoms with Crippen LogP contribution in [0.5, 0.6) is 0 Å². The van der Waals surface area contributed by atoms with Crippen molar-refractivity contribution in [2.24, 2.45) is 5.92 Å². The van der Waals surface area contributed by atoms with Gasteiger partial charge in [-0.3, -0.25) is 0 Å². The van der Waals surface area contributed by atoms with Gasteiger partial charge in [0.15, 0.2) is 0 Å². The lowest BCUT2D eigenvalue weighted by molar-refractivity contribution is 0.0599. The first-order chi connectivity index (χ1) is 11.2. The number of hydrogen-bond acceptors (Lipinski definition) is 3. The largest absolute Gasteiger partial charge is 0.465 e. The molecule has 124 valence electrons. The highest BCUT2D eigenvalue weighted by Gasteiger charge is 2.17. The molecule has 1 heterocycles. The normalized spacial score (nSPS) is 18.4. The van der Waals surface area contributed by atoms with E-state index in [1.54, 1.807) is 0 Å². The summed E-state index contributed by atoms with van der Waals surface area (Å²) in [7, 11) is 1.44. The quantitative estimate of drug-likeness (QED) is 0.634. The average molecular weight is 313 g/mol. The second kappa shape index (κ2) is 7.20. The van der Waals surface area contributed by atoms with E-state index < -0.39 is 0 Å². The summed E-state index contributed by atoms with van der Waals surface area (Å²) in [6.07, 6.45) is 12.8. The fourth-order valence-electron chi connectivity index (χ4n) is 3.89. The summed E-state index contributed by atoms with van der Waals surface area (Å²) in [6.45, 7) is 4.13. The van der Waals surface area contributed by atoms with Gasteiger partial charge in [0, 0.05) is 24.5 Å². The molecule has 0 radical (unpaired) electrons. The smallest absolute Gasteiger partial charge is 0.338 e. The number of methoxy groups -OCH3 is 1. The van der Waals surface area contributed by atoms with Gasteiger partial charge >= 0.3 is 5.97 Å². The van der Waals surface area contributed by atoms with E-state index in [9.17, 15) is 4.79 Å². The third kappa shape index (κ3) is 3.60. The van der Waals surface area contributed by atoms with Gasteiger partial charge in [-0.15, -0.1) is 0 Å². The minimum Gasteiger partial charge on any atom is -0.465 e. The Labute approximate surface area is 138 Å². The lowest BCUT2D eigenvalue weighted by atomic mass is 9.98. The molecule has 0 N–H and O–H groups in total. The van der Waals surface area contributed by atoms with Crippen LogP contribution in [0.4, 0.5) is 0 Å². The molecule has 0 bridgehead atoms. The molecule has 1 aliphatic carbocycles. The summed E-state index contributed by atoms with van der Waals surface area (Å²) in [6, 6.07) is 3.92. The summed E-state index contributed by atoms with van der Waals surface area (Å²) >= 11 is 0.